The van der Waals surface area contributed by atoms with Crippen LogP contribution in [0.15, 0.2) is 0 Å². The van der Waals surface area contributed by atoms with Crippen molar-refractivity contribution in [2.75, 3.05) is 0 Å². The van der Waals surface area contributed by atoms with Crippen molar-refractivity contribution in [3.05, 3.63) is 0 Å². The van der Waals surface area contributed by atoms with Crippen LogP contribution in [0.25, 0.3) is 0 Å². The molecule has 3 nitrogen and oxygen atoms in total. The Kier molecular flexibility index (Phi) is 2.94. The highest BCUT2D eigenvalue weighted by molar-refractivity contribution is 6.75. The van der Waals surface area contributed by atoms with E-state index in [0.29, 0.717) is 0 Å². The molecule has 0 aromatic rings. The van der Waals surface area contributed by atoms with Gasteiger partial charge in [-0.2, -0.15) is 0 Å². The number of hydrogen-bond donors (Lipinski definition) is 3. The fraction of sp³-hybridized carbons (Fsp3) is 1.00. The van der Waals surface area contributed by atoms with Crippen LogP contribution in [0.3, 0.4) is 0 Å². The third kappa shape index (κ3) is 1.80. The van der Waals surface area contributed by atoms with Crippen molar-refractivity contribution in [2.45, 2.75) is 13.0 Å². The van der Waals surface area contributed by atoms with Gasteiger partial charge in [0.15, 0.2) is 28.8 Å². The molecule has 1 fully saturated rings. The Bertz CT molecular complexity index is 63.5. The topological polar surface area (TPSA) is 36.1 Å². The average Bonchev–Trinajstić information content (AvgIpc) is 1.90. The smallest absolute Gasteiger partial charge is 0.172 e. The molecule has 0 amide bonds. The maximum atomic E-state index is 3.56. The molecular formula is C2H13N3Si3. The third-order valence-corrected chi connectivity index (χ3v) is 9.75. The molecule has 1 aliphatic heterocycles. The number of hydrogen-bond acceptors (Lipinski definition) is 3. The van der Waals surface area contributed by atoms with E-state index in [9.17, 15) is 0 Å². The van der Waals surface area contributed by atoms with E-state index < -0.39 is 9.12 Å². The third-order valence-electron chi connectivity index (χ3n) is 1.36. The molecule has 0 bridgehead atoms. The van der Waals surface area contributed by atoms with E-state index in [-0.39, 0.29) is 19.7 Å². The van der Waals surface area contributed by atoms with Crippen molar-refractivity contribution in [1.29, 1.82) is 0 Å². The quantitative estimate of drug-likeness (QED) is 0.361. The Morgan fingerprint density at radius 2 is 2.00 bits per heavy atom. The predicted octanol–water partition coefficient (Wildman–Crippen LogP) is -2.99. The largest absolute Gasteiger partial charge is 0.346 e. The maximum absolute atomic E-state index is 3.56. The summed E-state index contributed by atoms with van der Waals surface area (Å²) in [5.41, 5.74) is 0. The number of nitrogens with one attached hydrogen (secondary N) is 3. The first-order valence-corrected chi connectivity index (χ1v) is 7.91. The van der Waals surface area contributed by atoms with Gasteiger partial charge in [0.25, 0.3) is 0 Å². The van der Waals surface area contributed by atoms with Gasteiger partial charge in [-0.25, -0.2) is 0 Å². The summed E-state index contributed by atoms with van der Waals surface area (Å²) in [4.78, 5) is 0. The Balaban J connectivity index is 2.13. The van der Waals surface area contributed by atoms with Crippen LogP contribution >= 0.6 is 0 Å². The standard InChI is InChI=1S/C2H13N3Si3/c1-2-8-4-6-3-7-5-8/h3-5,8H,2,6-7H2,1H3. The summed E-state index contributed by atoms with van der Waals surface area (Å²) in [6.45, 7) is 2.27. The molecule has 8 heavy (non-hydrogen) atoms. The lowest BCUT2D eigenvalue weighted by Gasteiger charge is -2.22. The van der Waals surface area contributed by atoms with Crippen LogP contribution < -0.4 is 13.9 Å². The van der Waals surface area contributed by atoms with Gasteiger partial charge in [0.2, 0.25) is 0 Å². The zero-order chi connectivity index (χ0) is 5.82. The van der Waals surface area contributed by atoms with Crippen LogP contribution in [0, 0.1) is 0 Å². The summed E-state index contributed by atoms with van der Waals surface area (Å²) in [5, 5.41) is 0. The summed E-state index contributed by atoms with van der Waals surface area (Å²) in [7, 11) is -0.522. The lowest BCUT2D eigenvalue weighted by molar-refractivity contribution is 1.18. The second-order valence-corrected chi connectivity index (χ2v) is 9.87. The van der Waals surface area contributed by atoms with Crippen LogP contribution in [0.4, 0.5) is 0 Å². The minimum atomic E-state index is -0.544. The first-order valence-electron chi connectivity index (χ1n) is 3.11. The van der Waals surface area contributed by atoms with E-state index in [2.05, 4.69) is 20.9 Å². The van der Waals surface area contributed by atoms with Crippen molar-refractivity contribution in [2.24, 2.45) is 0 Å². The lowest BCUT2D eigenvalue weighted by Crippen LogP contribution is -2.63. The summed E-state index contributed by atoms with van der Waals surface area (Å²) in [5.74, 6) is 0. The Morgan fingerprint density at radius 3 is 2.38 bits per heavy atom. The van der Waals surface area contributed by atoms with E-state index in [4.69, 9.17) is 0 Å². The SMILES string of the molecule is CC[SiH]1N[SiH2]N[SiH2]N1. The minimum Gasteiger partial charge on any atom is -0.346 e. The minimum absolute atomic E-state index is 0.0110. The van der Waals surface area contributed by atoms with Gasteiger partial charge >= 0.3 is 0 Å². The first-order chi connectivity index (χ1) is 3.93. The summed E-state index contributed by atoms with van der Waals surface area (Å²) in [6, 6.07) is 1.36. The fourth-order valence-corrected chi connectivity index (χ4v) is 11.2. The van der Waals surface area contributed by atoms with E-state index in [0.717, 1.165) is 0 Å². The van der Waals surface area contributed by atoms with Crippen molar-refractivity contribution < 1.29 is 0 Å². The van der Waals surface area contributed by atoms with Crippen molar-refractivity contribution in [1.82, 2.24) is 13.9 Å². The molecular weight excluding hydrogens is 150 g/mol. The highest BCUT2D eigenvalue weighted by atomic mass is 28.4. The second kappa shape index (κ2) is 3.54. The zero-order valence-corrected chi connectivity index (χ0v) is 9.18. The molecule has 0 aromatic heterocycles. The van der Waals surface area contributed by atoms with E-state index in [1.807, 2.05) is 0 Å². The lowest BCUT2D eigenvalue weighted by atomic mass is 11.0. The molecule has 6 heteroatoms. The van der Waals surface area contributed by atoms with Crippen molar-refractivity contribution in [3.8, 4) is 0 Å². The van der Waals surface area contributed by atoms with E-state index in [1.165, 1.54) is 6.04 Å². The highest BCUT2D eigenvalue weighted by Gasteiger charge is 2.09. The highest BCUT2D eigenvalue weighted by Crippen LogP contribution is 1.79. The molecule has 0 atom stereocenters. The van der Waals surface area contributed by atoms with E-state index in [1.54, 1.807) is 0 Å². The van der Waals surface area contributed by atoms with Gasteiger partial charge in [0, 0.05) is 0 Å². The maximum Gasteiger partial charge on any atom is 0.172 e. The monoisotopic (exact) mass is 163 g/mol. The summed E-state index contributed by atoms with van der Waals surface area (Å²) >= 11 is 0. The van der Waals surface area contributed by atoms with Gasteiger partial charge in [-0.05, 0) is 6.04 Å². The van der Waals surface area contributed by atoms with E-state index >= 15 is 0 Å². The van der Waals surface area contributed by atoms with Crippen LogP contribution in [0.2, 0.25) is 6.04 Å². The normalized spacial score (nSPS) is 36.4. The molecule has 0 spiro atoms. The molecule has 0 aliphatic carbocycles. The van der Waals surface area contributed by atoms with Crippen molar-refractivity contribution >= 4 is 28.8 Å². The molecule has 48 valence electrons. The Hall–Kier alpha value is 0.531. The first kappa shape index (κ1) is 6.65. The Morgan fingerprint density at radius 1 is 1.38 bits per heavy atom. The van der Waals surface area contributed by atoms with Crippen LogP contribution in [-0.2, 0) is 0 Å². The van der Waals surface area contributed by atoms with Gasteiger partial charge in [-0.1, -0.05) is 6.92 Å². The van der Waals surface area contributed by atoms with Gasteiger partial charge in [0.05, 0.1) is 0 Å². The molecule has 0 radical (unpaired) electrons. The molecule has 0 saturated carbocycles. The molecule has 1 saturated heterocycles. The second-order valence-electron chi connectivity index (χ2n) is 1.97. The molecule has 0 unspecified atom stereocenters. The summed E-state index contributed by atoms with van der Waals surface area (Å²) in [6.07, 6.45) is 0. The van der Waals surface area contributed by atoms with Crippen LogP contribution in [0.5, 0.6) is 0 Å². The van der Waals surface area contributed by atoms with Gasteiger partial charge in [-0.15, -0.1) is 0 Å². The molecule has 1 heterocycles. The zero-order valence-electron chi connectivity index (χ0n) is 5.20. The van der Waals surface area contributed by atoms with Crippen LogP contribution in [-0.4, -0.2) is 28.8 Å². The van der Waals surface area contributed by atoms with Gasteiger partial charge < -0.3 is 13.9 Å². The van der Waals surface area contributed by atoms with Crippen LogP contribution in [0.1, 0.15) is 6.92 Å². The molecule has 1 rings (SSSR count). The average molecular weight is 163 g/mol. The molecule has 0 aromatic carbocycles. The predicted molar refractivity (Wildman–Crippen MR) is 44.1 cm³/mol. The summed E-state index contributed by atoms with van der Waals surface area (Å²) < 4.78 is 10.6. The molecule has 3 N–H and O–H groups in total. The fourth-order valence-electron chi connectivity index (χ4n) is 0.814. The molecule has 1 aliphatic rings. The Labute approximate surface area is 56.4 Å². The van der Waals surface area contributed by atoms with Gasteiger partial charge in [0.1, 0.15) is 0 Å². The van der Waals surface area contributed by atoms with Crippen molar-refractivity contribution in [3.63, 3.8) is 0 Å². The number of rotatable bonds is 1. The van der Waals surface area contributed by atoms with Gasteiger partial charge in [-0.3, -0.25) is 0 Å².